The van der Waals surface area contributed by atoms with Gasteiger partial charge in [0.25, 0.3) is 0 Å². The molecule has 4 aromatic rings. The van der Waals surface area contributed by atoms with Gasteiger partial charge in [-0.05, 0) is 18.2 Å². The smallest absolute Gasteiger partial charge is 0.245 e. The fourth-order valence-corrected chi connectivity index (χ4v) is 6.65. The first-order valence-corrected chi connectivity index (χ1v) is 15.1. The van der Waals surface area contributed by atoms with Gasteiger partial charge < -0.3 is 14.8 Å². The van der Waals surface area contributed by atoms with Gasteiger partial charge in [-0.25, -0.2) is 4.68 Å². The molecule has 3 aromatic carbocycles. The number of hydrogen-bond acceptors (Lipinski definition) is 8. The number of morpholine rings is 1. The van der Waals surface area contributed by atoms with Gasteiger partial charge in [0.1, 0.15) is 11.4 Å². The number of thioether (sulfide) groups is 1. The lowest BCUT2D eigenvalue weighted by Crippen LogP contribution is -2.36. The van der Waals surface area contributed by atoms with Gasteiger partial charge in [-0.15, -0.1) is 11.8 Å². The van der Waals surface area contributed by atoms with Crippen molar-refractivity contribution in [1.29, 1.82) is 5.26 Å². The van der Waals surface area contributed by atoms with Gasteiger partial charge in [-0.3, -0.25) is 14.5 Å². The molecule has 218 valence electrons. The Balaban J connectivity index is 1.25. The van der Waals surface area contributed by atoms with Crippen molar-refractivity contribution in [3.63, 3.8) is 0 Å². The highest BCUT2D eigenvalue weighted by Gasteiger charge is 2.35. The lowest BCUT2D eigenvalue weighted by Gasteiger charge is -2.27. The molecule has 3 heterocycles. The molecule has 2 aliphatic heterocycles. The molecule has 0 saturated carbocycles. The molecule has 1 unspecified atom stereocenters. The molecule has 1 N–H and O–H groups in total. The quantitative estimate of drug-likeness (QED) is 0.221. The second-order valence-electron chi connectivity index (χ2n) is 10.4. The molecule has 1 atom stereocenters. The highest BCUT2D eigenvalue weighted by molar-refractivity contribution is 7.98. The molecule has 10 heteroatoms. The number of methoxy groups -OCH3 is 1. The highest BCUT2D eigenvalue weighted by atomic mass is 32.2. The molecule has 2 aliphatic rings. The van der Waals surface area contributed by atoms with Gasteiger partial charge in [-0.1, -0.05) is 54.6 Å². The van der Waals surface area contributed by atoms with Crippen LogP contribution in [0.2, 0.25) is 0 Å². The number of Topliss-reactive ketones (excluding diaryl/α,β-unsaturated/α-hetero) is 1. The van der Waals surface area contributed by atoms with E-state index in [2.05, 4.69) is 10.2 Å². The number of benzene rings is 3. The zero-order valence-electron chi connectivity index (χ0n) is 23.8. The Morgan fingerprint density at radius 2 is 1.79 bits per heavy atom. The van der Waals surface area contributed by atoms with Crippen LogP contribution in [0.25, 0.3) is 16.9 Å². The molecule has 1 fully saturated rings. The maximum atomic E-state index is 13.8. The van der Waals surface area contributed by atoms with E-state index in [0.29, 0.717) is 31.3 Å². The van der Waals surface area contributed by atoms with Crippen LogP contribution in [0.15, 0.2) is 77.7 Å². The van der Waals surface area contributed by atoms with Gasteiger partial charge in [0.15, 0.2) is 5.92 Å². The molecule has 1 saturated heterocycles. The fourth-order valence-electron chi connectivity index (χ4n) is 5.58. The number of nitrogens with zero attached hydrogens (tertiary/aromatic N) is 4. The van der Waals surface area contributed by atoms with Crippen molar-refractivity contribution in [1.82, 2.24) is 20.0 Å². The average molecular weight is 594 g/mol. The van der Waals surface area contributed by atoms with Crippen molar-refractivity contribution in [2.24, 2.45) is 5.92 Å². The minimum Gasteiger partial charge on any atom is -0.496 e. The second-order valence-corrected chi connectivity index (χ2v) is 11.4. The van der Waals surface area contributed by atoms with E-state index in [-0.39, 0.29) is 12.2 Å². The topological polar surface area (TPSA) is 109 Å². The number of hydrogen-bond donors (Lipinski definition) is 1. The summed E-state index contributed by atoms with van der Waals surface area (Å²) in [6.07, 6.45) is 0. The van der Waals surface area contributed by atoms with Crippen LogP contribution in [0.4, 0.5) is 0 Å². The number of amides is 1. The number of fused-ring (bicyclic) bond motifs is 3. The lowest BCUT2D eigenvalue weighted by atomic mass is 9.97. The third-order valence-corrected chi connectivity index (χ3v) is 8.82. The second kappa shape index (κ2) is 12.8. The van der Waals surface area contributed by atoms with E-state index in [9.17, 15) is 14.9 Å². The third kappa shape index (κ3) is 5.79. The molecule has 1 aromatic heterocycles. The Kier molecular flexibility index (Phi) is 8.56. The van der Waals surface area contributed by atoms with Crippen LogP contribution in [0.3, 0.4) is 0 Å². The van der Waals surface area contributed by atoms with Gasteiger partial charge in [0, 0.05) is 59.1 Å². The van der Waals surface area contributed by atoms with Crippen molar-refractivity contribution in [3.05, 3.63) is 95.2 Å². The van der Waals surface area contributed by atoms with Gasteiger partial charge >= 0.3 is 0 Å². The van der Waals surface area contributed by atoms with Crippen LogP contribution < -0.4 is 10.1 Å². The van der Waals surface area contributed by atoms with Crippen LogP contribution in [-0.2, 0) is 28.4 Å². The number of carbonyl (C=O) groups is 2. The van der Waals surface area contributed by atoms with E-state index in [0.717, 1.165) is 51.6 Å². The first-order valence-electron chi connectivity index (χ1n) is 14.1. The Labute approximate surface area is 254 Å². The number of aromatic nitrogens is 2. The van der Waals surface area contributed by atoms with E-state index in [4.69, 9.17) is 14.6 Å². The predicted molar refractivity (Wildman–Crippen MR) is 163 cm³/mol. The van der Waals surface area contributed by atoms with E-state index >= 15 is 0 Å². The number of rotatable bonds is 9. The minimum absolute atomic E-state index is 0.115. The zero-order valence-corrected chi connectivity index (χ0v) is 24.6. The summed E-state index contributed by atoms with van der Waals surface area (Å²) < 4.78 is 12.9. The molecule has 0 spiro atoms. The van der Waals surface area contributed by atoms with E-state index in [1.807, 2.05) is 78.9 Å². The summed E-state index contributed by atoms with van der Waals surface area (Å²) in [5, 5.41) is 17.5. The van der Waals surface area contributed by atoms with Gasteiger partial charge in [0.05, 0.1) is 37.8 Å². The van der Waals surface area contributed by atoms with Crippen molar-refractivity contribution < 1.29 is 19.1 Å². The molecule has 1 amide bonds. The molecule has 0 radical (unpaired) electrons. The average Bonchev–Trinajstić information content (AvgIpc) is 3.45. The summed E-state index contributed by atoms with van der Waals surface area (Å²) in [6, 6.07) is 25.3. The molecule has 9 nitrogen and oxygen atoms in total. The first-order chi connectivity index (χ1) is 21.1. The van der Waals surface area contributed by atoms with E-state index in [1.54, 1.807) is 23.6 Å². The van der Waals surface area contributed by atoms with Gasteiger partial charge in [-0.2, -0.15) is 10.4 Å². The summed E-state index contributed by atoms with van der Waals surface area (Å²) in [6.45, 7) is 3.88. The van der Waals surface area contributed by atoms with Crippen molar-refractivity contribution >= 4 is 23.5 Å². The van der Waals surface area contributed by atoms with Crippen LogP contribution in [0, 0.1) is 17.2 Å². The summed E-state index contributed by atoms with van der Waals surface area (Å²) in [5.74, 6) is -1.64. The predicted octanol–water partition coefficient (Wildman–Crippen LogP) is 4.62. The number of ether oxygens (including phenoxy) is 2. The fraction of sp³-hybridized carbons (Fsp3) is 0.273. The largest absolute Gasteiger partial charge is 0.496 e. The monoisotopic (exact) mass is 593 g/mol. The first kappa shape index (κ1) is 28.7. The van der Waals surface area contributed by atoms with Crippen LogP contribution >= 0.6 is 11.8 Å². The molecule has 43 heavy (non-hydrogen) atoms. The van der Waals surface area contributed by atoms with E-state index < -0.39 is 17.6 Å². The summed E-state index contributed by atoms with van der Waals surface area (Å²) in [7, 11) is 1.60. The number of ketones is 1. The van der Waals surface area contributed by atoms with Crippen LogP contribution in [0.5, 0.6) is 5.75 Å². The van der Waals surface area contributed by atoms with Crippen molar-refractivity contribution in [2.75, 3.05) is 33.4 Å². The third-order valence-electron chi connectivity index (χ3n) is 7.72. The number of nitrogens with one attached hydrogen (secondary N) is 1. The normalized spacial score (nSPS) is 15.1. The summed E-state index contributed by atoms with van der Waals surface area (Å²) >= 11 is 1.61. The summed E-state index contributed by atoms with van der Waals surface area (Å²) in [4.78, 5) is 30.6. The zero-order chi connectivity index (χ0) is 29.8. The van der Waals surface area contributed by atoms with E-state index in [1.165, 1.54) is 0 Å². The Hall–Kier alpha value is -4.43. The lowest BCUT2D eigenvalue weighted by molar-refractivity contribution is -0.122. The molecule has 0 bridgehead atoms. The van der Waals surface area contributed by atoms with Crippen molar-refractivity contribution in [3.8, 4) is 28.8 Å². The standard InChI is InChI=1S/C33H31N5O4S/c1-41-32-22(8-7-9-23(32)20-37-14-16-42-17-15-37)19-35-33(40)26(18-34)31(39)29-27-21-43-28-13-6-5-12-25(28)30(27)38(36-29)24-10-3-2-4-11-24/h2-13,26H,14-17,19-21H2,1H3,(H,35,40). The van der Waals surface area contributed by atoms with Crippen LogP contribution in [0.1, 0.15) is 27.2 Å². The van der Waals surface area contributed by atoms with Crippen LogP contribution in [-0.4, -0.2) is 59.8 Å². The Bertz CT molecular complexity index is 1690. The Morgan fingerprint density at radius 3 is 2.56 bits per heavy atom. The number of para-hydroxylation sites is 2. The number of carbonyl (C=O) groups excluding carboxylic acids is 2. The molecule has 6 rings (SSSR count). The maximum absolute atomic E-state index is 13.8. The SMILES string of the molecule is COc1c(CNC(=O)C(C#N)C(=O)c2nn(-c3ccccc3)c3c2CSc2ccccc2-3)cccc1CN1CCOCC1. The maximum Gasteiger partial charge on any atom is 0.245 e. The van der Waals surface area contributed by atoms with Crippen molar-refractivity contribution in [2.45, 2.75) is 23.7 Å². The molecular formula is C33H31N5O4S. The van der Waals surface area contributed by atoms with Gasteiger partial charge in [0.2, 0.25) is 11.7 Å². The minimum atomic E-state index is -1.55. The highest BCUT2D eigenvalue weighted by Crippen LogP contribution is 2.44. The Morgan fingerprint density at radius 1 is 1.05 bits per heavy atom. The summed E-state index contributed by atoms with van der Waals surface area (Å²) in [5.41, 5.74) is 5.20. The molecular weight excluding hydrogens is 562 g/mol. The molecule has 0 aliphatic carbocycles. The number of nitriles is 1.